The van der Waals surface area contributed by atoms with Gasteiger partial charge in [0.1, 0.15) is 5.82 Å². The molecular formula is C9H12N2. The lowest BCUT2D eigenvalue weighted by Gasteiger charge is -2.10. The second-order valence-corrected chi connectivity index (χ2v) is 3.92. The zero-order valence-corrected chi connectivity index (χ0v) is 6.75. The van der Waals surface area contributed by atoms with Crippen LogP contribution in [0.4, 0.5) is 0 Å². The zero-order chi connectivity index (χ0) is 7.47. The van der Waals surface area contributed by atoms with E-state index in [9.17, 15) is 0 Å². The summed E-state index contributed by atoms with van der Waals surface area (Å²) in [5.74, 6) is 2.19. The second kappa shape index (κ2) is 1.52. The monoisotopic (exact) mass is 148 g/mol. The minimum atomic E-state index is 0.520. The number of imidazole rings is 1. The predicted molar refractivity (Wildman–Crippen MR) is 42.3 cm³/mol. The SMILES string of the molecule is C[C@H]1C[C@]12CCc1nccn12. The molecule has 2 aliphatic rings. The van der Waals surface area contributed by atoms with Gasteiger partial charge in [0.05, 0.1) is 0 Å². The Labute approximate surface area is 66.2 Å². The zero-order valence-electron chi connectivity index (χ0n) is 6.75. The van der Waals surface area contributed by atoms with Crippen molar-refractivity contribution in [3.63, 3.8) is 0 Å². The van der Waals surface area contributed by atoms with Crippen LogP contribution in [0.2, 0.25) is 0 Å². The van der Waals surface area contributed by atoms with E-state index in [4.69, 9.17) is 0 Å². The summed E-state index contributed by atoms with van der Waals surface area (Å²) >= 11 is 0. The van der Waals surface area contributed by atoms with E-state index in [-0.39, 0.29) is 0 Å². The summed E-state index contributed by atoms with van der Waals surface area (Å²) in [6.45, 7) is 2.34. The van der Waals surface area contributed by atoms with Crippen LogP contribution in [0.25, 0.3) is 0 Å². The highest BCUT2D eigenvalue weighted by Gasteiger charge is 2.55. The predicted octanol–water partition coefficient (Wildman–Crippen LogP) is 1.56. The molecular weight excluding hydrogens is 136 g/mol. The fraction of sp³-hybridized carbons (Fsp3) is 0.667. The number of fused-ring (bicyclic) bond motifs is 2. The Hall–Kier alpha value is -0.790. The summed E-state index contributed by atoms with van der Waals surface area (Å²) < 4.78 is 2.40. The van der Waals surface area contributed by atoms with Gasteiger partial charge in [0.15, 0.2) is 0 Å². The van der Waals surface area contributed by atoms with Crippen molar-refractivity contribution >= 4 is 0 Å². The molecule has 1 fully saturated rings. The molecule has 2 heteroatoms. The van der Waals surface area contributed by atoms with Crippen molar-refractivity contribution in [2.45, 2.75) is 31.7 Å². The van der Waals surface area contributed by atoms with Crippen molar-refractivity contribution in [2.75, 3.05) is 0 Å². The Morgan fingerprint density at radius 3 is 3.27 bits per heavy atom. The quantitative estimate of drug-likeness (QED) is 0.546. The first-order valence-electron chi connectivity index (χ1n) is 4.36. The van der Waals surface area contributed by atoms with Crippen LogP contribution < -0.4 is 0 Å². The highest BCUT2D eigenvalue weighted by Crippen LogP contribution is 2.56. The van der Waals surface area contributed by atoms with E-state index in [1.54, 1.807) is 0 Å². The fourth-order valence-corrected chi connectivity index (χ4v) is 2.53. The summed E-state index contributed by atoms with van der Waals surface area (Å²) in [5.41, 5.74) is 0.520. The standard InChI is InChI=1S/C9H12N2/c1-7-6-9(7)3-2-8-10-4-5-11(8)9/h4-5,7H,2-3,6H2,1H3/t7-,9+/m0/s1. The second-order valence-electron chi connectivity index (χ2n) is 3.92. The highest BCUT2D eigenvalue weighted by molar-refractivity contribution is 5.17. The highest BCUT2D eigenvalue weighted by atomic mass is 15.2. The molecule has 2 heterocycles. The summed E-state index contributed by atoms with van der Waals surface area (Å²) in [6.07, 6.45) is 7.97. The molecule has 11 heavy (non-hydrogen) atoms. The van der Waals surface area contributed by atoms with Gasteiger partial charge < -0.3 is 4.57 Å². The molecule has 2 nitrogen and oxygen atoms in total. The van der Waals surface area contributed by atoms with Crippen LogP contribution >= 0.6 is 0 Å². The Kier molecular flexibility index (Phi) is 0.803. The Bertz CT molecular complexity index is 302. The van der Waals surface area contributed by atoms with Crippen molar-refractivity contribution in [1.82, 2.24) is 9.55 Å². The van der Waals surface area contributed by atoms with E-state index < -0.39 is 0 Å². The van der Waals surface area contributed by atoms with E-state index >= 15 is 0 Å². The molecule has 1 spiro atoms. The van der Waals surface area contributed by atoms with Gasteiger partial charge in [-0.25, -0.2) is 4.98 Å². The minimum Gasteiger partial charge on any atom is -0.329 e. The molecule has 2 atom stereocenters. The molecule has 0 aromatic carbocycles. The van der Waals surface area contributed by atoms with Gasteiger partial charge in [0.25, 0.3) is 0 Å². The van der Waals surface area contributed by atoms with Crippen LogP contribution in [-0.4, -0.2) is 9.55 Å². The Morgan fingerprint density at radius 2 is 2.55 bits per heavy atom. The van der Waals surface area contributed by atoms with Crippen LogP contribution in [0, 0.1) is 5.92 Å². The van der Waals surface area contributed by atoms with Crippen molar-refractivity contribution in [3.8, 4) is 0 Å². The van der Waals surface area contributed by atoms with Crippen molar-refractivity contribution in [2.24, 2.45) is 5.92 Å². The smallest absolute Gasteiger partial charge is 0.109 e. The summed E-state index contributed by atoms with van der Waals surface area (Å²) in [5, 5.41) is 0. The molecule has 0 N–H and O–H groups in total. The van der Waals surface area contributed by atoms with Crippen LogP contribution in [0.15, 0.2) is 12.4 Å². The molecule has 1 aliphatic carbocycles. The molecule has 1 saturated carbocycles. The number of hydrogen-bond acceptors (Lipinski definition) is 1. The van der Waals surface area contributed by atoms with Gasteiger partial charge in [0.2, 0.25) is 0 Å². The fourth-order valence-electron chi connectivity index (χ4n) is 2.53. The first-order valence-corrected chi connectivity index (χ1v) is 4.36. The topological polar surface area (TPSA) is 17.8 Å². The number of rotatable bonds is 0. The largest absolute Gasteiger partial charge is 0.329 e. The molecule has 0 bridgehead atoms. The third kappa shape index (κ3) is 0.525. The molecule has 58 valence electrons. The van der Waals surface area contributed by atoms with Crippen LogP contribution in [-0.2, 0) is 12.0 Å². The average molecular weight is 148 g/mol. The summed E-state index contributed by atoms with van der Waals surface area (Å²) in [6, 6.07) is 0. The molecule has 1 aromatic rings. The maximum atomic E-state index is 4.33. The van der Waals surface area contributed by atoms with E-state index in [0.717, 1.165) is 5.92 Å². The lowest BCUT2D eigenvalue weighted by molar-refractivity contribution is 0.469. The van der Waals surface area contributed by atoms with Crippen LogP contribution in [0.5, 0.6) is 0 Å². The maximum Gasteiger partial charge on any atom is 0.109 e. The van der Waals surface area contributed by atoms with Crippen molar-refractivity contribution in [1.29, 1.82) is 0 Å². The van der Waals surface area contributed by atoms with Gasteiger partial charge in [-0.05, 0) is 18.8 Å². The van der Waals surface area contributed by atoms with Gasteiger partial charge in [-0.2, -0.15) is 0 Å². The first-order chi connectivity index (χ1) is 5.33. The molecule has 0 radical (unpaired) electrons. The van der Waals surface area contributed by atoms with Gasteiger partial charge in [-0.15, -0.1) is 0 Å². The summed E-state index contributed by atoms with van der Waals surface area (Å²) in [4.78, 5) is 4.33. The number of aryl methyl sites for hydroxylation is 1. The Balaban J connectivity index is 2.15. The molecule has 0 amide bonds. The van der Waals surface area contributed by atoms with Gasteiger partial charge in [-0.3, -0.25) is 0 Å². The number of hydrogen-bond donors (Lipinski definition) is 0. The molecule has 0 saturated heterocycles. The normalized spacial score (nSPS) is 39.5. The molecule has 3 rings (SSSR count). The van der Waals surface area contributed by atoms with E-state index in [1.807, 2.05) is 6.20 Å². The Morgan fingerprint density at radius 1 is 1.73 bits per heavy atom. The summed E-state index contributed by atoms with van der Waals surface area (Å²) in [7, 11) is 0. The van der Waals surface area contributed by atoms with Gasteiger partial charge in [-0.1, -0.05) is 6.92 Å². The lowest BCUT2D eigenvalue weighted by Crippen LogP contribution is -2.12. The average Bonchev–Trinajstić information content (AvgIpc) is 2.46. The van der Waals surface area contributed by atoms with E-state index in [1.165, 1.54) is 25.1 Å². The van der Waals surface area contributed by atoms with Gasteiger partial charge in [0, 0.05) is 24.4 Å². The third-order valence-electron chi connectivity index (χ3n) is 3.40. The number of nitrogens with zero attached hydrogens (tertiary/aromatic N) is 2. The minimum absolute atomic E-state index is 0.520. The molecule has 1 aromatic heterocycles. The van der Waals surface area contributed by atoms with Crippen LogP contribution in [0.3, 0.4) is 0 Å². The van der Waals surface area contributed by atoms with Crippen molar-refractivity contribution < 1.29 is 0 Å². The van der Waals surface area contributed by atoms with Crippen LogP contribution in [0.1, 0.15) is 25.6 Å². The number of aromatic nitrogens is 2. The van der Waals surface area contributed by atoms with E-state index in [2.05, 4.69) is 22.7 Å². The molecule has 0 unspecified atom stereocenters. The van der Waals surface area contributed by atoms with E-state index in [0.29, 0.717) is 5.54 Å². The maximum absolute atomic E-state index is 4.33. The first kappa shape index (κ1) is 5.81. The van der Waals surface area contributed by atoms with Crippen molar-refractivity contribution in [3.05, 3.63) is 18.2 Å². The molecule has 1 aliphatic heterocycles. The third-order valence-corrected chi connectivity index (χ3v) is 3.40. The van der Waals surface area contributed by atoms with Gasteiger partial charge >= 0.3 is 0 Å². The lowest BCUT2D eigenvalue weighted by atomic mass is 10.1.